The summed E-state index contributed by atoms with van der Waals surface area (Å²) in [5.74, 6) is -0.266. The number of halogens is 2. The van der Waals surface area contributed by atoms with Crippen molar-refractivity contribution >= 4 is 50.3 Å². The minimum atomic E-state index is -0.476. The molecule has 0 aliphatic heterocycles. The Kier molecular flexibility index (Phi) is 4.47. The van der Waals surface area contributed by atoms with Gasteiger partial charge in [0.1, 0.15) is 11.3 Å². The third-order valence-electron chi connectivity index (χ3n) is 3.69. The van der Waals surface area contributed by atoms with Crippen molar-refractivity contribution in [2.75, 3.05) is 7.11 Å². The first-order chi connectivity index (χ1) is 11.4. The average molecular weight is 408 g/mol. The first-order valence-electron chi connectivity index (χ1n) is 7.03. The van der Waals surface area contributed by atoms with Crippen LogP contribution in [0.4, 0.5) is 0 Å². The Morgan fingerprint density at radius 2 is 1.92 bits per heavy atom. The quantitative estimate of drug-likeness (QED) is 0.444. The Balaban J connectivity index is 2.19. The standard InChI is InChI=1S/C18H12BrClO4/c1-9-16(17(21)12-5-4-11(19)8-14(12)20)13-7-10(18(22)23-2)3-6-15(13)24-9/h3-8H,1-2H3. The van der Waals surface area contributed by atoms with E-state index in [1.165, 1.54) is 7.11 Å². The molecule has 3 aromatic rings. The summed E-state index contributed by atoms with van der Waals surface area (Å²) in [6.07, 6.45) is 0. The van der Waals surface area contributed by atoms with Crippen LogP contribution in [0.5, 0.6) is 0 Å². The van der Waals surface area contributed by atoms with Gasteiger partial charge in [-0.15, -0.1) is 0 Å². The van der Waals surface area contributed by atoms with Crippen molar-refractivity contribution in [1.29, 1.82) is 0 Å². The number of carbonyl (C=O) groups is 2. The van der Waals surface area contributed by atoms with Crippen LogP contribution >= 0.6 is 27.5 Å². The zero-order valence-electron chi connectivity index (χ0n) is 12.9. The van der Waals surface area contributed by atoms with E-state index in [2.05, 4.69) is 15.9 Å². The SMILES string of the molecule is COC(=O)c1ccc2oc(C)c(C(=O)c3ccc(Br)cc3Cl)c2c1. The topological polar surface area (TPSA) is 56.5 Å². The second-order valence-electron chi connectivity index (χ2n) is 5.19. The van der Waals surface area contributed by atoms with E-state index in [-0.39, 0.29) is 5.78 Å². The number of ketones is 1. The molecular formula is C18H12BrClO4. The summed E-state index contributed by atoms with van der Waals surface area (Å²) in [5, 5.41) is 0.895. The number of aryl methyl sites for hydroxylation is 1. The summed E-state index contributed by atoms with van der Waals surface area (Å²) in [4.78, 5) is 24.7. The van der Waals surface area contributed by atoms with Gasteiger partial charge in [0.05, 0.1) is 23.3 Å². The van der Waals surface area contributed by atoms with Crippen molar-refractivity contribution in [2.45, 2.75) is 6.92 Å². The number of benzene rings is 2. The van der Waals surface area contributed by atoms with Crippen LogP contribution in [-0.2, 0) is 4.74 Å². The lowest BCUT2D eigenvalue weighted by Gasteiger charge is -2.04. The van der Waals surface area contributed by atoms with E-state index in [0.29, 0.717) is 38.4 Å². The molecule has 6 heteroatoms. The Morgan fingerprint density at radius 1 is 1.17 bits per heavy atom. The van der Waals surface area contributed by atoms with Crippen LogP contribution in [0.15, 0.2) is 45.3 Å². The van der Waals surface area contributed by atoms with Crippen molar-refractivity contribution in [3.63, 3.8) is 0 Å². The largest absolute Gasteiger partial charge is 0.465 e. The number of fused-ring (bicyclic) bond motifs is 1. The molecule has 4 nitrogen and oxygen atoms in total. The fourth-order valence-corrected chi connectivity index (χ4v) is 3.31. The minimum absolute atomic E-state index is 0.259. The molecule has 0 atom stereocenters. The molecular weight excluding hydrogens is 396 g/mol. The predicted molar refractivity (Wildman–Crippen MR) is 94.9 cm³/mol. The normalized spacial score (nSPS) is 10.8. The molecule has 122 valence electrons. The summed E-state index contributed by atoms with van der Waals surface area (Å²) >= 11 is 9.51. The molecule has 1 heterocycles. The van der Waals surface area contributed by atoms with Crippen LogP contribution in [-0.4, -0.2) is 18.9 Å². The lowest BCUT2D eigenvalue weighted by molar-refractivity contribution is 0.0600. The van der Waals surface area contributed by atoms with Crippen molar-refractivity contribution in [1.82, 2.24) is 0 Å². The number of hydrogen-bond donors (Lipinski definition) is 0. The van der Waals surface area contributed by atoms with Crippen molar-refractivity contribution in [3.05, 3.63) is 68.3 Å². The van der Waals surface area contributed by atoms with E-state index in [0.717, 1.165) is 4.47 Å². The zero-order valence-corrected chi connectivity index (χ0v) is 15.2. The summed E-state index contributed by atoms with van der Waals surface area (Å²) in [7, 11) is 1.31. The molecule has 0 unspecified atom stereocenters. The molecule has 0 aliphatic carbocycles. The molecule has 2 aromatic carbocycles. The molecule has 0 aliphatic rings. The van der Waals surface area contributed by atoms with Crippen LogP contribution in [0.25, 0.3) is 11.0 Å². The molecule has 1 aromatic heterocycles. The third kappa shape index (κ3) is 2.85. The molecule has 0 N–H and O–H groups in total. The van der Waals surface area contributed by atoms with Crippen LogP contribution in [0.2, 0.25) is 5.02 Å². The van der Waals surface area contributed by atoms with E-state index in [9.17, 15) is 9.59 Å². The molecule has 24 heavy (non-hydrogen) atoms. The Morgan fingerprint density at radius 3 is 2.58 bits per heavy atom. The Labute approximate surface area is 151 Å². The lowest BCUT2D eigenvalue weighted by atomic mass is 9.99. The van der Waals surface area contributed by atoms with Gasteiger partial charge in [0, 0.05) is 15.4 Å². The van der Waals surface area contributed by atoms with E-state index in [4.69, 9.17) is 20.8 Å². The number of hydrogen-bond acceptors (Lipinski definition) is 4. The van der Waals surface area contributed by atoms with Crippen LogP contribution < -0.4 is 0 Å². The van der Waals surface area contributed by atoms with Crippen molar-refractivity contribution in [2.24, 2.45) is 0 Å². The van der Waals surface area contributed by atoms with Crippen LogP contribution in [0.1, 0.15) is 32.0 Å². The van der Waals surface area contributed by atoms with Crippen LogP contribution in [0, 0.1) is 6.92 Å². The molecule has 0 saturated carbocycles. The van der Waals surface area contributed by atoms with Gasteiger partial charge in [-0.2, -0.15) is 0 Å². The number of esters is 1. The Hall–Kier alpha value is -2.11. The highest BCUT2D eigenvalue weighted by Crippen LogP contribution is 2.31. The lowest BCUT2D eigenvalue weighted by Crippen LogP contribution is -2.04. The van der Waals surface area contributed by atoms with Gasteiger partial charge in [-0.3, -0.25) is 4.79 Å². The summed E-state index contributed by atoms with van der Waals surface area (Å²) in [5.41, 5.74) is 1.63. The number of methoxy groups -OCH3 is 1. The summed E-state index contributed by atoms with van der Waals surface area (Å²) < 4.78 is 11.2. The van der Waals surface area contributed by atoms with E-state index >= 15 is 0 Å². The molecule has 0 fully saturated rings. The van der Waals surface area contributed by atoms with E-state index < -0.39 is 5.97 Å². The third-order valence-corrected chi connectivity index (χ3v) is 4.49. The maximum absolute atomic E-state index is 12.9. The van der Waals surface area contributed by atoms with Gasteiger partial charge < -0.3 is 9.15 Å². The monoisotopic (exact) mass is 406 g/mol. The highest BCUT2D eigenvalue weighted by molar-refractivity contribution is 9.10. The smallest absolute Gasteiger partial charge is 0.337 e. The van der Waals surface area contributed by atoms with Crippen LogP contribution in [0.3, 0.4) is 0 Å². The van der Waals surface area contributed by atoms with Crippen molar-refractivity contribution in [3.8, 4) is 0 Å². The number of rotatable bonds is 3. The van der Waals surface area contributed by atoms with Gasteiger partial charge in [0.15, 0.2) is 5.78 Å². The van der Waals surface area contributed by atoms with E-state index in [1.807, 2.05) is 0 Å². The highest BCUT2D eigenvalue weighted by atomic mass is 79.9. The first kappa shape index (κ1) is 16.7. The molecule has 0 bridgehead atoms. The summed E-state index contributed by atoms with van der Waals surface area (Å²) in [6.45, 7) is 1.71. The fraction of sp³-hybridized carbons (Fsp3) is 0.111. The van der Waals surface area contributed by atoms with E-state index in [1.54, 1.807) is 43.3 Å². The number of carbonyl (C=O) groups excluding carboxylic acids is 2. The highest BCUT2D eigenvalue weighted by Gasteiger charge is 2.22. The predicted octanol–water partition coefficient (Wildman–Crippen LogP) is 5.17. The molecule has 3 rings (SSSR count). The maximum Gasteiger partial charge on any atom is 0.337 e. The fourth-order valence-electron chi connectivity index (χ4n) is 2.56. The zero-order chi connectivity index (χ0) is 17.4. The maximum atomic E-state index is 12.9. The van der Waals surface area contributed by atoms with Gasteiger partial charge in [-0.25, -0.2) is 4.79 Å². The average Bonchev–Trinajstić information content (AvgIpc) is 2.88. The molecule has 0 radical (unpaired) electrons. The number of ether oxygens (including phenoxy) is 1. The number of furan rings is 1. The summed E-state index contributed by atoms with van der Waals surface area (Å²) in [6, 6.07) is 9.89. The van der Waals surface area contributed by atoms with Gasteiger partial charge in [0.25, 0.3) is 0 Å². The second-order valence-corrected chi connectivity index (χ2v) is 6.51. The minimum Gasteiger partial charge on any atom is -0.465 e. The second kappa shape index (κ2) is 6.42. The molecule has 0 saturated heterocycles. The van der Waals surface area contributed by atoms with Gasteiger partial charge in [-0.05, 0) is 43.3 Å². The van der Waals surface area contributed by atoms with Gasteiger partial charge in [0.2, 0.25) is 0 Å². The Bertz CT molecular complexity index is 975. The first-order valence-corrected chi connectivity index (χ1v) is 8.20. The van der Waals surface area contributed by atoms with Gasteiger partial charge in [-0.1, -0.05) is 27.5 Å². The molecule has 0 spiro atoms. The van der Waals surface area contributed by atoms with Crippen molar-refractivity contribution < 1.29 is 18.7 Å². The van der Waals surface area contributed by atoms with Gasteiger partial charge >= 0.3 is 5.97 Å². The molecule has 0 amide bonds.